The molecule has 0 unspecified atom stereocenters. The molecule has 1 N–H and O–H groups in total. The fraction of sp³-hybridized carbons (Fsp3) is 0.600. The maximum atomic E-state index is 11.1. The number of ether oxygens (including phenoxy) is 2. The topological polar surface area (TPSA) is 63.2 Å². The zero-order valence-electron chi connectivity index (χ0n) is 16.6. The summed E-state index contributed by atoms with van der Waals surface area (Å²) in [5.41, 5.74) is 1.13. The van der Waals surface area contributed by atoms with Crippen LogP contribution in [0.5, 0.6) is 5.75 Å². The Kier molecular flexibility index (Phi) is 10.9. The van der Waals surface area contributed by atoms with Crippen molar-refractivity contribution in [2.45, 2.75) is 45.6 Å². The number of para-hydroxylation sites is 1. The quantitative estimate of drug-likeness (QED) is 0.283. The number of rotatable bonds is 11. The molecule has 0 radical (unpaired) electrons. The summed E-state index contributed by atoms with van der Waals surface area (Å²) in [6.45, 7) is 4.40. The molecular formula is C20H33N3O3. The Morgan fingerprint density at radius 1 is 1.15 bits per heavy atom. The molecule has 1 aromatic rings. The monoisotopic (exact) mass is 363 g/mol. The Hall–Kier alpha value is -2.24. The van der Waals surface area contributed by atoms with E-state index in [1.54, 1.807) is 7.11 Å². The molecule has 0 aromatic heterocycles. The lowest BCUT2D eigenvalue weighted by atomic mass is 10.1. The van der Waals surface area contributed by atoms with Crippen molar-refractivity contribution in [3.05, 3.63) is 29.8 Å². The van der Waals surface area contributed by atoms with Crippen LogP contribution in [0.1, 0.15) is 44.6 Å². The molecule has 0 aliphatic heterocycles. The molecule has 0 heterocycles. The zero-order valence-corrected chi connectivity index (χ0v) is 16.6. The van der Waals surface area contributed by atoms with Gasteiger partial charge in [-0.05, 0) is 25.8 Å². The van der Waals surface area contributed by atoms with Crippen molar-refractivity contribution >= 4 is 11.9 Å². The van der Waals surface area contributed by atoms with Gasteiger partial charge in [0.2, 0.25) is 0 Å². The minimum Gasteiger partial charge on any atom is -0.496 e. The second-order valence-corrected chi connectivity index (χ2v) is 6.14. The minimum absolute atomic E-state index is 0.129. The van der Waals surface area contributed by atoms with E-state index < -0.39 is 0 Å². The second-order valence-electron chi connectivity index (χ2n) is 6.14. The molecule has 0 amide bonds. The number of guanidine groups is 1. The molecule has 0 aliphatic carbocycles. The van der Waals surface area contributed by atoms with Crippen LogP contribution in [0, 0.1) is 0 Å². The highest BCUT2D eigenvalue weighted by molar-refractivity contribution is 5.79. The van der Waals surface area contributed by atoms with Gasteiger partial charge in [0.05, 0.1) is 14.2 Å². The molecule has 0 atom stereocenters. The van der Waals surface area contributed by atoms with Crippen LogP contribution in [0.3, 0.4) is 0 Å². The Morgan fingerprint density at radius 2 is 1.88 bits per heavy atom. The van der Waals surface area contributed by atoms with E-state index in [0.717, 1.165) is 62.6 Å². The predicted molar refractivity (Wildman–Crippen MR) is 106 cm³/mol. The summed E-state index contributed by atoms with van der Waals surface area (Å²) in [6.07, 6.45) is 4.49. The molecule has 146 valence electrons. The van der Waals surface area contributed by atoms with Crippen LogP contribution in [0.15, 0.2) is 29.3 Å². The molecule has 0 bridgehead atoms. The van der Waals surface area contributed by atoms with E-state index in [1.165, 1.54) is 7.11 Å². The summed E-state index contributed by atoms with van der Waals surface area (Å²) in [7, 11) is 5.16. The lowest BCUT2D eigenvalue weighted by Crippen LogP contribution is -2.38. The van der Waals surface area contributed by atoms with E-state index in [1.807, 2.05) is 25.2 Å². The van der Waals surface area contributed by atoms with Gasteiger partial charge in [-0.3, -0.25) is 9.79 Å². The van der Waals surface area contributed by atoms with Gasteiger partial charge in [-0.1, -0.05) is 31.0 Å². The molecule has 1 rings (SSSR count). The van der Waals surface area contributed by atoms with Crippen LogP contribution in [-0.4, -0.2) is 51.2 Å². The number of esters is 1. The number of methoxy groups -OCH3 is 2. The SMILES string of the molecule is CCNC(=NCCCCCCC(=O)OC)N(C)Cc1ccccc1OC. The number of hydrogen-bond donors (Lipinski definition) is 1. The number of unbranched alkanes of at least 4 members (excludes halogenated alkanes) is 3. The minimum atomic E-state index is -0.129. The van der Waals surface area contributed by atoms with Crippen molar-refractivity contribution in [2.24, 2.45) is 4.99 Å². The summed E-state index contributed by atoms with van der Waals surface area (Å²) >= 11 is 0. The Balaban J connectivity index is 2.45. The van der Waals surface area contributed by atoms with Gasteiger partial charge in [0.1, 0.15) is 5.75 Å². The van der Waals surface area contributed by atoms with Crippen molar-refractivity contribution in [1.29, 1.82) is 0 Å². The molecule has 26 heavy (non-hydrogen) atoms. The van der Waals surface area contributed by atoms with E-state index >= 15 is 0 Å². The van der Waals surface area contributed by atoms with Crippen LogP contribution in [-0.2, 0) is 16.1 Å². The number of hydrogen-bond acceptors (Lipinski definition) is 4. The van der Waals surface area contributed by atoms with Crippen LogP contribution in [0.25, 0.3) is 0 Å². The van der Waals surface area contributed by atoms with Crippen molar-refractivity contribution in [1.82, 2.24) is 10.2 Å². The number of carbonyl (C=O) groups excluding carboxylic acids is 1. The maximum Gasteiger partial charge on any atom is 0.305 e. The first kappa shape index (κ1) is 21.8. The molecule has 0 saturated heterocycles. The number of nitrogens with one attached hydrogen (secondary N) is 1. The van der Waals surface area contributed by atoms with E-state index in [-0.39, 0.29) is 5.97 Å². The van der Waals surface area contributed by atoms with Gasteiger partial charge >= 0.3 is 5.97 Å². The van der Waals surface area contributed by atoms with Gasteiger partial charge in [0.25, 0.3) is 0 Å². The van der Waals surface area contributed by atoms with Gasteiger partial charge < -0.3 is 19.7 Å². The lowest BCUT2D eigenvalue weighted by Gasteiger charge is -2.23. The average molecular weight is 364 g/mol. The van der Waals surface area contributed by atoms with Crippen LogP contribution in [0.2, 0.25) is 0 Å². The third-order valence-corrected chi connectivity index (χ3v) is 4.07. The fourth-order valence-electron chi connectivity index (χ4n) is 2.66. The van der Waals surface area contributed by atoms with Gasteiger partial charge in [0.15, 0.2) is 5.96 Å². The predicted octanol–water partition coefficient (Wildman–Crippen LogP) is 3.22. The van der Waals surface area contributed by atoms with Gasteiger partial charge in [-0.25, -0.2) is 0 Å². The van der Waals surface area contributed by atoms with E-state index in [9.17, 15) is 4.79 Å². The Morgan fingerprint density at radius 3 is 2.58 bits per heavy atom. The molecule has 1 aromatic carbocycles. The Labute approximate surface area is 157 Å². The molecule has 0 fully saturated rings. The summed E-state index contributed by atoms with van der Waals surface area (Å²) < 4.78 is 10.1. The van der Waals surface area contributed by atoms with Crippen LogP contribution in [0.4, 0.5) is 0 Å². The number of carbonyl (C=O) groups is 1. The van der Waals surface area contributed by atoms with Gasteiger partial charge in [-0.2, -0.15) is 0 Å². The van der Waals surface area contributed by atoms with Crippen LogP contribution >= 0.6 is 0 Å². The van der Waals surface area contributed by atoms with Crippen molar-refractivity contribution < 1.29 is 14.3 Å². The van der Waals surface area contributed by atoms with Crippen molar-refractivity contribution in [3.63, 3.8) is 0 Å². The fourth-order valence-corrected chi connectivity index (χ4v) is 2.66. The summed E-state index contributed by atoms with van der Waals surface area (Å²) in [6, 6.07) is 8.04. The van der Waals surface area contributed by atoms with Crippen LogP contribution < -0.4 is 10.1 Å². The standard InChI is InChI=1S/C20H33N3O3/c1-5-21-20(22-15-11-7-6-8-14-19(24)26-4)23(2)16-17-12-9-10-13-18(17)25-3/h9-10,12-13H,5-8,11,14-16H2,1-4H3,(H,21,22). The van der Waals surface area contributed by atoms with Crippen molar-refractivity contribution in [3.8, 4) is 5.75 Å². The molecule has 6 nitrogen and oxygen atoms in total. The van der Waals surface area contributed by atoms with E-state index in [2.05, 4.69) is 27.9 Å². The first-order valence-corrected chi connectivity index (χ1v) is 9.30. The second kappa shape index (κ2) is 13.0. The molecule has 0 aliphatic rings. The average Bonchev–Trinajstić information content (AvgIpc) is 2.66. The molecular weight excluding hydrogens is 330 g/mol. The van der Waals surface area contributed by atoms with Gasteiger partial charge in [0, 0.05) is 38.7 Å². The van der Waals surface area contributed by atoms with E-state index in [4.69, 9.17) is 9.73 Å². The van der Waals surface area contributed by atoms with Gasteiger partial charge in [-0.15, -0.1) is 0 Å². The highest BCUT2D eigenvalue weighted by atomic mass is 16.5. The summed E-state index contributed by atoms with van der Waals surface area (Å²) in [5, 5.41) is 3.34. The highest BCUT2D eigenvalue weighted by Crippen LogP contribution is 2.18. The third kappa shape index (κ3) is 8.23. The Bertz CT molecular complexity index is 561. The summed E-state index contributed by atoms with van der Waals surface area (Å²) in [5.74, 6) is 1.66. The molecule has 0 spiro atoms. The maximum absolute atomic E-state index is 11.1. The van der Waals surface area contributed by atoms with Crippen molar-refractivity contribution in [2.75, 3.05) is 34.4 Å². The molecule has 6 heteroatoms. The highest BCUT2D eigenvalue weighted by Gasteiger charge is 2.09. The normalized spacial score (nSPS) is 11.2. The van der Waals surface area contributed by atoms with E-state index in [0.29, 0.717) is 6.42 Å². The third-order valence-electron chi connectivity index (χ3n) is 4.07. The lowest BCUT2D eigenvalue weighted by molar-refractivity contribution is -0.140. The molecule has 0 saturated carbocycles. The number of aliphatic imine (C=N–C) groups is 1. The zero-order chi connectivity index (χ0) is 19.2. The first-order chi connectivity index (χ1) is 12.6. The largest absolute Gasteiger partial charge is 0.496 e. The number of benzene rings is 1. The number of nitrogens with zero attached hydrogens (tertiary/aromatic N) is 2. The summed E-state index contributed by atoms with van der Waals surface area (Å²) in [4.78, 5) is 17.9. The smallest absolute Gasteiger partial charge is 0.305 e. The first-order valence-electron chi connectivity index (χ1n) is 9.30.